The molecule has 0 bridgehead atoms. The molecule has 6 nitrogen and oxygen atoms in total. The smallest absolute Gasteiger partial charge is 0.139 e. The lowest BCUT2D eigenvalue weighted by Crippen LogP contribution is -2.34. The summed E-state index contributed by atoms with van der Waals surface area (Å²) in [6, 6.07) is 6.77. The van der Waals surface area contributed by atoms with E-state index in [0.717, 1.165) is 49.5 Å². The van der Waals surface area contributed by atoms with Gasteiger partial charge in [-0.2, -0.15) is 0 Å². The number of nitrogens with zero attached hydrogens (tertiary/aromatic N) is 5. The molecule has 132 valence electrons. The molecule has 0 aliphatic carbocycles. The SMILES string of the molecule is Cc1nc2cnc3[nH]ccc3c2n1C1CCN(Cc2cccnc2)CC1. The number of pyridine rings is 2. The Morgan fingerprint density at radius 2 is 2.08 bits per heavy atom. The predicted molar refractivity (Wildman–Crippen MR) is 102 cm³/mol. The third kappa shape index (κ3) is 2.57. The lowest BCUT2D eigenvalue weighted by Gasteiger charge is -2.33. The van der Waals surface area contributed by atoms with Crippen molar-refractivity contribution in [3.8, 4) is 0 Å². The number of hydrogen-bond donors (Lipinski definition) is 1. The predicted octanol–water partition coefficient (Wildman–Crippen LogP) is 3.45. The molecular formula is C20H22N6. The van der Waals surface area contributed by atoms with Gasteiger partial charge in [-0.05, 0) is 37.5 Å². The third-order valence-corrected chi connectivity index (χ3v) is 5.46. The molecule has 0 radical (unpaired) electrons. The van der Waals surface area contributed by atoms with Crippen molar-refractivity contribution >= 4 is 22.1 Å². The van der Waals surface area contributed by atoms with E-state index in [2.05, 4.69) is 43.5 Å². The van der Waals surface area contributed by atoms with Crippen LogP contribution in [0.2, 0.25) is 0 Å². The van der Waals surface area contributed by atoms with E-state index in [4.69, 9.17) is 4.98 Å². The minimum absolute atomic E-state index is 0.491. The van der Waals surface area contributed by atoms with Crippen molar-refractivity contribution in [3.63, 3.8) is 0 Å². The normalized spacial score (nSPS) is 16.7. The Balaban J connectivity index is 1.41. The molecule has 6 heteroatoms. The molecule has 0 amide bonds. The van der Waals surface area contributed by atoms with Crippen molar-refractivity contribution in [1.82, 2.24) is 29.4 Å². The quantitative estimate of drug-likeness (QED) is 0.617. The van der Waals surface area contributed by atoms with E-state index in [1.54, 1.807) is 0 Å². The summed E-state index contributed by atoms with van der Waals surface area (Å²) in [4.78, 5) is 19.2. The van der Waals surface area contributed by atoms with Crippen LogP contribution in [-0.4, -0.2) is 42.5 Å². The fourth-order valence-electron chi connectivity index (χ4n) is 4.24. The van der Waals surface area contributed by atoms with Crippen molar-refractivity contribution in [1.29, 1.82) is 0 Å². The maximum Gasteiger partial charge on any atom is 0.139 e. The lowest BCUT2D eigenvalue weighted by atomic mass is 10.0. The molecule has 4 aromatic heterocycles. The Bertz CT molecular complexity index is 1040. The van der Waals surface area contributed by atoms with Gasteiger partial charge in [-0.3, -0.25) is 9.88 Å². The zero-order valence-corrected chi connectivity index (χ0v) is 14.9. The summed E-state index contributed by atoms with van der Waals surface area (Å²) in [6.45, 7) is 5.29. The number of nitrogens with one attached hydrogen (secondary N) is 1. The summed E-state index contributed by atoms with van der Waals surface area (Å²) in [7, 11) is 0. The Hall–Kier alpha value is -2.73. The maximum absolute atomic E-state index is 4.77. The van der Waals surface area contributed by atoms with Crippen molar-refractivity contribution < 1.29 is 0 Å². The van der Waals surface area contributed by atoms with Crippen LogP contribution in [0, 0.1) is 6.92 Å². The van der Waals surface area contributed by atoms with Crippen LogP contribution < -0.4 is 0 Å². The van der Waals surface area contributed by atoms with Crippen molar-refractivity contribution in [2.75, 3.05) is 13.1 Å². The van der Waals surface area contributed by atoms with Crippen LogP contribution >= 0.6 is 0 Å². The van der Waals surface area contributed by atoms with Crippen LogP contribution in [-0.2, 0) is 6.54 Å². The van der Waals surface area contributed by atoms with Gasteiger partial charge in [0.1, 0.15) is 17.0 Å². The van der Waals surface area contributed by atoms with E-state index in [-0.39, 0.29) is 0 Å². The first-order chi connectivity index (χ1) is 12.8. The monoisotopic (exact) mass is 346 g/mol. The maximum atomic E-state index is 4.77. The highest BCUT2D eigenvalue weighted by molar-refractivity contribution is 6.01. The van der Waals surface area contributed by atoms with Gasteiger partial charge in [0.05, 0.1) is 11.7 Å². The number of fused-ring (bicyclic) bond motifs is 3. The third-order valence-electron chi connectivity index (χ3n) is 5.46. The molecule has 1 fully saturated rings. The van der Waals surface area contributed by atoms with Crippen molar-refractivity contribution in [3.05, 3.63) is 54.4 Å². The van der Waals surface area contributed by atoms with Gasteiger partial charge in [-0.1, -0.05) is 6.07 Å². The average Bonchev–Trinajstić information content (AvgIpc) is 3.26. The summed E-state index contributed by atoms with van der Waals surface area (Å²) >= 11 is 0. The first kappa shape index (κ1) is 15.5. The standard InChI is InChI=1S/C20H22N6/c1-14-24-18-12-23-20-17(4-8-22-20)19(18)26(14)16-5-9-25(10-6-16)13-15-3-2-7-21-11-15/h2-4,7-8,11-12,16H,5-6,9-10,13H2,1H3,(H,22,23). The van der Waals surface area contributed by atoms with Gasteiger partial charge in [0.2, 0.25) is 0 Å². The van der Waals surface area contributed by atoms with Gasteiger partial charge in [-0.15, -0.1) is 0 Å². The molecule has 5 heterocycles. The molecule has 0 aromatic carbocycles. The molecule has 4 aromatic rings. The van der Waals surface area contributed by atoms with E-state index in [1.807, 2.05) is 30.9 Å². The van der Waals surface area contributed by atoms with E-state index < -0.39 is 0 Å². The molecule has 1 aliphatic rings. The minimum atomic E-state index is 0.491. The number of aryl methyl sites for hydroxylation is 1. The highest BCUT2D eigenvalue weighted by Gasteiger charge is 2.24. The van der Waals surface area contributed by atoms with Crippen molar-refractivity contribution in [2.24, 2.45) is 0 Å². The molecule has 26 heavy (non-hydrogen) atoms. The van der Waals surface area contributed by atoms with Crippen LogP contribution in [0.5, 0.6) is 0 Å². The number of aromatic amines is 1. The summed E-state index contributed by atoms with van der Waals surface area (Å²) in [5.41, 5.74) is 4.44. The van der Waals surface area contributed by atoms with Gasteiger partial charge >= 0.3 is 0 Å². The van der Waals surface area contributed by atoms with Crippen LogP contribution in [0.4, 0.5) is 0 Å². The number of piperidine rings is 1. The van der Waals surface area contributed by atoms with Crippen LogP contribution in [0.25, 0.3) is 22.1 Å². The molecular weight excluding hydrogens is 324 g/mol. The van der Waals surface area contributed by atoms with Crippen LogP contribution in [0.15, 0.2) is 43.0 Å². The first-order valence-corrected chi connectivity index (χ1v) is 9.21. The van der Waals surface area contributed by atoms with Gasteiger partial charge in [-0.25, -0.2) is 9.97 Å². The molecule has 0 unspecified atom stereocenters. The van der Waals surface area contributed by atoms with Gasteiger partial charge in [0.25, 0.3) is 0 Å². The molecule has 1 N–H and O–H groups in total. The number of likely N-dealkylation sites (tertiary alicyclic amines) is 1. The van der Waals surface area contributed by atoms with Crippen molar-refractivity contribution in [2.45, 2.75) is 32.4 Å². The van der Waals surface area contributed by atoms with Gasteiger partial charge in [0, 0.05) is 49.7 Å². The van der Waals surface area contributed by atoms with E-state index in [9.17, 15) is 0 Å². The Morgan fingerprint density at radius 1 is 1.19 bits per heavy atom. The topological polar surface area (TPSA) is 62.6 Å². The molecule has 0 spiro atoms. The first-order valence-electron chi connectivity index (χ1n) is 9.21. The van der Waals surface area contributed by atoms with E-state index in [0.29, 0.717) is 6.04 Å². The zero-order chi connectivity index (χ0) is 17.5. The molecule has 0 atom stereocenters. The summed E-state index contributed by atoms with van der Waals surface area (Å²) in [5, 5.41) is 1.17. The molecule has 0 saturated carbocycles. The number of H-pyrrole nitrogens is 1. The second kappa shape index (κ2) is 6.21. The molecule has 1 saturated heterocycles. The highest BCUT2D eigenvalue weighted by atomic mass is 15.2. The molecule has 5 rings (SSSR count). The Morgan fingerprint density at radius 3 is 2.88 bits per heavy atom. The average molecular weight is 346 g/mol. The number of hydrogen-bond acceptors (Lipinski definition) is 4. The second-order valence-corrected chi connectivity index (χ2v) is 7.13. The van der Waals surface area contributed by atoms with E-state index >= 15 is 0 Å². The highest BCUT2D eigenvalue weighted by Crippen LogP contribution is 2.32. The summed E-state index contributed by atoms with van der Waals surface area (Å²) in [6.07, 6.45) is 9.92. The summed E-state index contributed by atoms with van der Waals surface area (Å²) < 4.78 is 2.44. The van der Waals surface area contributed by atoms with Crippen LogP contribution in [0.1, 0.15) is 30.3 Å². The van der Waals surface area contributed by atoms with Gasteiger partial charge < -0.3 is 9.55 Å². The number of imidazole rings is 1. The van der Waals surface area contributed by atoms with Crippen LogP contribution in [0.3, 0.4) is 0 Å². The fourth-order valence-corrected chi connectivity index (χ4v) is 4.24. The molecule has 1 aliphatic heterocycles. The fraction of sp³-hybridized carbons (Fsp3) is 0.350. The lowest BCUT2D eigenvalue weighted by molar-refractivity contribution is 0.180. The zero-order valence-electron chi connectivity index (χ0n) is 14.9. The largest absolute Gasteiger partial charge is 0.346 e. The van der Waals surface area contributed by atoms with Gasteiger partial charge in [0.15, 0.2) is 0 Å². The summed E-state index contributed by atoms with van der Waals surface area (Å²) in [5.74, 6) is 1.08. The number of aromatic nitrogens is 5. The minimum Gasteiger partial charge on any atom is -0.346 e. The number of rotatable bonds is 3. The second-order valence-electron chi connectivity index (χ2n) is 7.13. The van der Waals surface area contributed by atoms with E-state index in [1.165, 1.54) is 16.5 Å². The Kier molecular flexibility index (Phi) is 3.71. The Labute approximate surface area is 151 Å².